The lowest BCUT2D eigenvalue weighted by Gasteiger charge is -2.10. The molecule has 0 saturated heterocycles. The van der Waals surface area contributed by atoms with Crippen LogP contribution in [0.2, 0.25) is 5.02 Å². The van der Waals surface area contributed by atoms with Gasteiger partial charge in [-0.2, -0.15) is 10.2 Å². The van der Waals surface area contributed by atoms with Gasteiger partial charge in [-0.1, -0.05) is 23.7 Å². The second kappa shape index (κ2) is 10.3. The summed E-state index contributed by atoms with van der Waals surface area (Å²) in [6, 6.07) is 8.10. The lowest BCUT2D eigenvalue weighted by atomic mass is 10.1. The standard InChI is InChI=1S/C22H17ClF4N6O3/c1-2-36-22(35)13-9-29-33-14(6-7-28-21(13)33)11-4-3-5-12(8-11)30-15(34)10-32-18(20(26)27)16(23)17(31-32)19(24)25/h3-9,19-20H,2,10H2,1H3,(H,30,34). The number of ether oxygens (including phenoxy) is 1. The SMILES string of the molecule is CCOC(=O)c1cnn2c(-c3cccc(NC(=O)Cn4nc(C(F)F)c(Cl)c4C(F)F)c3)ccnc12. The molecule has 0 unspecified atom stereocenters. The Morgan fingerprint density at radius 3 is 2.64 bits per heavy atom. The highest BCUT2D eigenvalue weighted by Gasteiger charge is 2.28. The average molecular weight is 525 g/mol. The number of esters is 1. The number of halogens is 5. The van der Waals surface area contributed by atoms with Crippen LogP contribution in [0, 0.1) is 0 Å². The van der Waals surface area contributed by atoms with Gasteiger partial charge in [0.1, 0.15) is 23.5 Å². The highest BCUT2D eigenvalue weighted by atomic mass is 35.5. The van der Waals surface area contributed by atoms with Crippen LogP contribution in [-0.4, -0.2) is 42.9 Å². The predicted octanol–water partition coefficient (Wildman–Crippen LogP) is 4.94. The Morgan fingerprint density at radius 2 is 1.94 bits per heavy atom. The lowest BCUT2D eigenvalue weighted by Crippen LogP contribution is -2.21. The molecule has 0 fully saturated rings. The van der Waals surface area contributed by atoms with Gasteiger partial charge in [-0.3, -0.25) is 9.48 Å². The molecule has 1 amide bonds. The molecular weight excluding hydrogens is 508 g/mol. The van der Waals surface area contributed by atoms with Gasteiger partial charge in [0.15, 0.2) is 5.65 Å². The van der Waals surface area contributed by atoms with E-state index in [1.54, 1.807) is 37.3 Å². The molecule has 3 heterocycles. The normalized spacial score (nSPS) is 11.4. The third-order valence-electron chi connectivity index (χ3n) is 5.00. The van der Waals surface area contributed by atoms with Crippen LogP contribution >= 0.6 is 11.6 Å². The molecule has 0 atom stereocenters. The monoisotopic (exact) mass is 524 g/mol. The first kappa shape index (κ1) is 25.1. The van der Waals surface area contributed by atoms with E-state index in [9.17, 15) is 27.2 Å². The van der Waals surface area contributed by atoms with Crippen LogP contribution in [0.15, 0.2) is 42.7 Å². The van der Waals surface area contributed by atoms with Crippen molar-refractivity contribution < 1.29 is 31.9 Å². The van der Waals surface area contributed by atoms with Crippen LogP contribution in [-0.2, 0) is 16.1 Å². The molecule has 0 aliphatic rings. The van der Waals surface area contributed by atoms with Crippen molar-refractivity contribution in [2.45, 2.75) is 26.3 Å². The van der Waals surface area contributed by atoms with Gasteiger partial charge in [0.25, 0.3) is 12.9 Å². The maximum absolute atomic E-state index is 13.3. The van der Waals surface area contributed by atoms with E-state index >= 15 is 0 Å². The number of amides is 1. The van der Waals surface area contributed by atoms with Crippen molar-refractivity contribution in [2.75, 3.05) is 11.9 Å². The minimum Gasteiger partial charge on any atom is -0.462 e. The van der Waals surface area contributed by atoms with Crippen molar-refractivity contribution in [1.29, 1.82) is 0 Å². The number of nitrogens with zero attached hydrogens (tertiary/aromatic N) is 5. The number of anilines is 1. The molecule has 3 aromatic heterocycles. The number of carbonyl (C=O) groups is 2. The third kappa shape index (κ3) is 4.87. The van der Waals surface area contributed by atoms with E-state index in [0.717, 1.165) is 0 Å². The smallest absolute Gasteiger partial charge is 0.343 e. The molecule has 0 aliphatic heterocycles. The molecule has 0 bridgehead atoms. The van der Waals surface area contributed by atoms with Gasteiger partial charge in [-0.15, -0.1) is 0 Å². The quantitative estimate of drug-likeness (QED) is 0.259. The highest BCUT2D eigenvalue weighted by molar-refractivity contribution is 6.32. The first-order valence-corrected chi connectivity index (χ1v) is 10.8. The Labute approximate surface area is 205 Å². The number of benzene rings is 1. The van der Waals surface area contributed by atoms with Crippen molar-refractivity contribution in [3.8, 4) is 11.3 Å². The van der Waals surface area contributed by atoms with E-state index in [1.807, 2.05) is 0 Å². The number of fused-ring (bicyclic) bond motifs is 1. The largest absolute Gasteiger partial charge is 0.462 e. The van der Waals surface area contributed by atoms with E-state index in [0.29, 0.717) is 15.9 Å². The van der Waals surface area contributed by atoms with E-state index < -0.39 is 47.7 Å². The third-order valence-corrected chi connectivity index (χ3v) is 5.39. The molecule has 188 valence electrons. The fourth-order valence-corrected chi connectivity index (χ4v) is 3.80. The molecule has 1 N–H and O–H groups in total. The Bertz CT molecular complexity index is 1440. The van der Waals surface area contributed by atoms with Crippen molar-refractivity contribution in [3.05, 3.63) is 64.7 Å². The summed E-state index contributed by atoms with van der Waals surface area (Å²) >= 11 is 5.62. The van der Waals surface area contributed by atoms with Crippen LogP contribution in [0.25, 0.3) is 16.9 Å². The van der Waals surface area contributed by atoms with Crippen LogP contribution in [0.5, 0.6) is 0 Å². The summed E-state index contributed by atoms with van der Waals surface area (Å²) in [5.74, 6) is -1.37. The fraction of sp³-hybridized carbons (Fsp3) is 0.227. The maximum Gasteiger partial charge on any atom is 0.343 e. The summed E-state index contributed by atoms with van der Waals surface area (Å²) < 4.78 is 59.6. The fourth-order valence-electron chi connectivity index (χ4n) is 3.50. The van der Waals surface area contributed by atoms with Crippen LogP contribution < -0.4 is 5.32 Å². The minimum atomic E-state index is -3.21. The van der Waals surface area contributed by atoms with Crippen molar-refractivity contribution >= 4 is 34.8 Å². The number of nitrogens with one attached hydrogen (secondary N) is 1. The first-order valence-electron chi connectivity index (χ1n) is 10.4. The summed E-state index contributed by atoms with van der Waals surface area (Å²) in [7, 11) is 0. The topological polar surface area (TPSA) is 103 Å². The zero-order valence-corrected chi connectivity index (χ0v) is 19.2. The maximum atomic E-state index is 13.3. The van der Waals surface area contributed by atoms with Gasteiger partial charge in [-0.05, 0) is 25.1 Å². The van der Waals surface area contributed by atoms with E-state index in [-0.39, 0.29) is 23.5 Å². The minimum absolute atomic E-state index is 0.180. The second-order valence-corrected chi connectivity index (χ2v) is 7.69. The molecule has 36 heavy (non-hydrogen) atoms. The molecule has 0 spiro atoms. The van der Waals surface area contributed by atoms with Crippen molar-refractivity contribution in [2.24, 2.45) is 0 Å². The van der Waals surface area contributed by atoms with Crippen LogP contribution in [0.4, 0.5) is 23.2 Å². The summed E-state index contributed by atoms with van der Waals surface area (Å²) in [4.78, 5) is 28.9. The molecular formula is C22H17ClF4N6O3. The van der Waals surface area contributed by atoms with Crippen LogP contribution in [0.1, 0.15) is 41.5 Å². The van der Waals surface area contributed by atoms with Crippen molar-refractivity contribution in [3.63, 3.8) is 0 Å². The number of carbonyl (C=O) groups excluding carboxylic acids is 2. The number of alkyl halides is 4. The van der Waals surface area contributed by atoms with Gasteiger partial charge in [0.05, 0.1) is 23.5 Å². The number of hydrogen-bond acceptors (Lipinski definition) is 6. The second-order valence-electron chi connectivity index (χ2n) is 7.32. The van der Waals surface area contributed by atoms with Gasteiger partial charge >= 0.3 is 5.97 Å². The summed E-state index contributed by atoms with van der Waals surface area (Å²) in [5, 5.41) is 9.23. The Morgan fingerprint density at radius 1 is 1.17 bits per heavy atom. The molecule has 0 saturated carbocycles. The molecule has 0 aliphatic carbocycles. The van der Waals surface area contributed by atoms with Crippen LogP contribution in [0.3, 0.4) is 0 Å². The first-order chi connectivity index (χ1) is 17.2. The van der Waals surface area contributed by atoms with E-state index in [1.165, 1.54) is 16.9 Å². The molecule has 4 rings (SSSR count). The zero-order chi connectivity index (χ0) is 26.0. The lowest BCUT2D eigenvalue weighted by molar-refractivity contribution is -0.117. The Balaban J connectivity index is 1.59. The van der Waals surface area contributed by atoms with Gasteiger partial charge in [0.2, 0.25) is 5.91 Å². The van der Waals surface area contributed by atoms with E-state index in [4.69, 9.17) is 16.3 Å². The number of hydrogen-bond donors (Lipinski definition) is 1. The summed E-state index contributed by atoms with van der Waals surface area (Å²) in [5.41, 5.74) is -0.146. The molecule has 9 nitrogen and oxygen atoms in total. The molecule has 1 aromatic carbocycles. The number of aromatic nitrogens is 5. The Kier molecular flexibility index (Phi) is 7.20. The van der Waals surface area contributed by atoms with Gasteiger partial charge in [-0.25, -0.2) is 31.9 Å². The van der Waals surface area contributed by atoms with E-state index in [2.05, 4.69) is 20.5 Å². The zero-order valence-electron chi connectivity index (χ0n) is 18.5. The molecule has 14 heteroatoms. The average Bonchev–Trinajstić information content (AvgIpc) is 3.40. The Hall–Kier alpha value is -4.00. The van der Waals surface area contributed by atoms with Crippen molar-refractivity contribution in [1.82, 2.24) is 24.4 Å². The number of rotatable bonds is 8. The molecule has 4 aromatic rings. The summed E-state index contributed by atoms with van der Waals surface area (Å²) in [6.45, 7) is 1.09. The van der Waals surface area contributed by atoms with Gasteiger partial charge < -0.3 is 10.1 Å². The predicted molar refractivity (Wildman–Crippen MR) is 120 cm³/mol. The molecule has 0 radical (unpaired) electrons. The highest BCUT2D eigenvalue weighted by Crippen LogP contribution is 2.34. The van der Waals surface area contributed by atoms with Gasteiger partial charge in [0, 0.05) is 17.4 Å². The summed E-state index contributed by atoms with van der Waals surface area (Å²) in [6.07, 6.45) is -3.58.